The highest BCUT2D eigenvalue weighted by atomic mass is 16.6. The minimum absolute atomic E-state index is 0.00698. The van der Waals surface area contributed by atoms with E-state index in [2.05, 4.69) is 15.8 Å². The van der Waals surface area contributed by atoms with Crippen LogP contribution in [0, 0.1) is 24.0 Å². The van der Waals surface area contributed by atoms with E-state index in [-0.39, 0.29) is 18.2 Å². The van der Waals surface area contributed by atoms with Gasteiger partial charge in [0.25, 0.3) is 11.6 Å². The Morgan fingerprint density at radius 1 is 1.06 bits per heavy atom. The second-order valence-corrected chi connectivity index (χ2v) is 7.24. The minimum atomic E-state index is -0.462. The molecule has 0 spiro atoms. The van der Waals surface area contributed by atoms with Crippen molar-refractivity contribution in [3.05, 3.63) is 87.5 Å². The van der Waals surface area contributed by atoms with Crippen molar-refractivity contribution in [1.29, 1.82) is 0 Å². The lowest BCUT2D eigenvalue weighted by Gasteiger charge is -2.12. The molecular formula is C24H24N4O5. The number of nitrogens with one attached hydrogen (secondary N) is 2. The molecule has 0 aromatic heterocycles. The molecule has 9 nitrogen and oxygen atoms in total. The van der Waals surface area contributed by atoms with Crippen molar-refractivity contribution in [3.63, 3.8) is 0 Å². The molecule has 3 aromatic carbocycles. The molecule has 0 atom stereocenters. The minimum Gasteiger partial charge on any atom is -0.493 e. The summed E-state index contributed by atoms with van der Waals surface area (Å²) in [6.45, 7) is 3.76. The summed E-state index contributed by atoms with van der Waals surface area (Å²) in [5, 5.41) is 17.7. The van der Waals surface area contributed by atoms with Crippen LogP contribution < -0.4 is 20.2 Å². The molecule has 9 heteroatoms. The number of hydrogen-bond donors (Lipinski definition) is 2. The molecule has 33 heavy (non-hydrogen) atoms. The lowest BCUT2D eigenvalue weighted by atomic mass is 10.1. The molecule has 0 unspecified atom stereocenters. The molecule has 0 heterocycles. The Hall–Kier alpha value is -4.40. The highest BCUT2D eigenvalue weighted by Crippen LogP contribution is 2.27. The Bertz CT molecular complexity index is 1180. The van der Waals surface area contributed by atoms with Crippen molar-refractivity contribution in [3.8, 4) is 11.5 Å². The van der Waals surface area contributed by atoms with Gasteiger partial charge in [0.2, 0.25) is 0 Å². The third-order valence-electron chi connectivity index (χ3n) is 4.69. The number of hydrogen-bond acceptors (Lipinski definition) is 7. The number of nitrogens with zero attached hydrogens (tertiary/aromatic N) is 2. The lowest BCUT2D eigenvalue weighted by molar-refractivity contribution is -0.384. The Balaban J connectivity index is 1.57. The van der Waals surface area contributed by atoms with Gasteiger partial charge in [0.15, 0.2) is 18.1 Å². The fourth-order valence-corrected chi connectivity index (χ4v) is 3.01. The number of carbonyl (C=O) groups excluding carboxylic acids is 1. The third-order valence-corrected chi connectivity index (χ3v) is 4.69. The number of rotatable bonds is 9. The van der Waals surface area contributed by atoms with E-state index in [0.717, 1.165) is 22.4 Å². The number of hydrazone groups is 1. The van der Waals surface area contributed by atoms with Gasteiger partial charge in [-0.05, 0) is 61.4 Å². The van der Waals surface area contributed by atoms with Crippen LogP contribution >= 0.6 is 0 Å². The molecule has 0 aliphatic carbocycles. The molecule has 0 saturated carbocycles. The molecule has 0 radical (unpaired) electrons. The first-order chi connectivity index (χ1) is 15.9. The van der Waals surface area contributed by atoms with Gasteiger partial charge in [-0.1, -0.05) is 17.7 Å². The number of ether oxygens (including phenoxy) is 2. The fraction of sp³-hybridized carbons (Fsp3) is 0.167. The molecule has 0 fully saturated rings. The topological polar surface area (TPSA) is 115 Å². The smallest absolute Gasteiger partial charge is 0.269 e. The van der Waals surface area contributed by atoms with Gasteiger partial charge in [-0.15, -0.1) is 0 Å². The SMILES string of the molecule is COc1cc(C=NNc2ccc([N+](=O)[O-])cc2)ccc1OCC(=O)Nc1ccc(C)cc1C. The molecule has 1 amide bonds. The summed E-state index contributed by atoms with van der Waals surface area (Å²) in [6, 6.07) is 16.9. The first kappa shape index (κ1) is 23.3. The van der Waals surface area contributed by atoms with Crippen molar-refractivity contribution in [2.24, 2.45) is 5.10 Å². The molecule has 0 bridgehead atoms. The molecule has 3 aromatic rings. The highest BCUT2D eigenvalue weighted by Gasteiger charge is 2.10. The maximum absolute atomic E-state index is 12.3. The summed E-state index contributed by atoms with van der Waals surface area (Å²) in [4.78, 5) is 22.5. The molecular weight excluding hydrogens is 424 g/mol. The summed E-state index contributed by atoms with van der Waals surface area (Å²) in [7, 11) is 1.51. The van der Waals surface area contributed by atoms with Crippen LogP contribution in [0.1, 0.15) is 16.7 Å². The van der Waals surface area contributed by atoms with E-state index in [1.54, 1.807) is 36.5 Å². The van der Waals surface area contributed by atoms with Gasteiger partial charge in [-0.25, -0.2) is 0 Å². The van der Waals surface area contributed by atoms with Gasteiger partial charge in [0.05, 0.1) is 23.9 Å². The number of nitro benzene ring substituents is 1. The molecule has 0 saturated heterocycles. The second kappa shape index (κ2) is 10.8. The predicted octanol–water partition coefficient (Wildman–Crippen LogP) is 4.68. The number of anilines is 2. The Morgan fingerprint density at radius 2 is 1.82 bits per heavy atom. The Labute approximate surface area is 191 Å². The van der Waals surface area contributed by atoms with E-state index in [0.29, 0.717) is 17.2 Å². The van der Waals surface area contributed by atoms with E-state index < -0.39 is 4.92 Å². The van der Waals surface area contributed by atoms with Crippen molar-refractivity contribution < 1.29 is 19.2 Å². The van der Waals surface area contributed by atoms with Gasteiger partial charge < -0.3 is 14.8 Å². The summed E-state index contributed by atoms with van der Waals surface area (Å²) < 4.78 is 11.0. The monoisotopic (exact) mass is 448 g/mol. The van der Waals surface area contributed by atoms with Gasteiger partial charge in [-0.3, -0.25) is 20.3 Å². The van der Waals surface area contributed by atoms with Crippen molar-refractivity contribution >= 4 is 29.2 Å². The van der Waals surface area contributed by atoms with E-state index >= 15 is 0 Å². The van der Waals surface area contributed by atoms with Crippen LogP contribution in [-0.2, 0) is 4.79 Å². The van der Waals surface area contributed by atoms with Gasteiger partial charge >= 0.3 is 0 Å². The molecule has 3 rings (SSSR count). The maximum Gasteiger partial charge on any atom is 0.269 e. The van der Waals surface area contributed by atoms with E-state index in [1.807, 2.05) is 32.0 Å². The number of carbonyl (C=O) groups is 1. The summed E-state index contributed by atoms with van der Waals surface area (Å²) in [5.74, 6) is 0.601. The van der Waals surface area contributed by atoms with Crippen LogP contribution in [0.5, 0.6) is 11.5 Å². The first-order valence-corrected chi connectivity index (χ1v) is 10.1. The van der Waals surface area contributed by atoms with Crippen LogP contribution in [0.4, 0.5) is 17.1 Å². The van der Waals surface area contributed by atoms with Crippen LogP contribution in [0.15, 0.2) is 65.8 Å². The van der Waals surface area contributed by atoms with Crippen molar-refractivity contribution in [2.45, 2.75) is 13.8 Å². The Kier molecular flexibility index (Phi) is 7.59. The van der Waals surface area contributed by atoms with Gasteiger partial charge in [0, 0.05) is 17.8 Å². The van der Waals surface area contributed by atoms with Gasteiger partial charge in [-0.2, -0.15) is 5.10 Å². The average molecular weight is 448 g/mol. The zero-order chi connectivity index (χ0) is 23.8. The average Bonchev–Trinajstić information content (AvgIpc) is 2.80. The maximum atomic E-state index is 12.3. The standard InChI is InChI=1S/C24H24N4O5/c1-16-4-10-21(17(2)12-16)26-24(29)15-33-22-11-5-18(13-23(22)32-3)14-25-27-19-6-8-20(9-7-19)28(30)31/h4-14,27H,15H2,1-3H3,(H,26,29). The predicted molar refractivity (Wildman–Crippen MR) is 127 cm³/mol. The Morgan fingerprint density at radius 3 is 2.48 bits per heavy atom. The van der Waals surface area contributed by atoms with Crippen molar-refractivity contribution in [2.75, 3.05) is 24.5 Å². The summed E-state index contributed by atoms with van der Waals surface area (Å²) >= 11 is 0. The van der Waals surface area contributed by atoms with Crippen LogP contribution in [0.3, 0.4) is 0 Å². The van der Waals surface area contributed by atoms with Gasteiger partial charge in [0.1, 0.15) is 0 Å². The highest BCUT2D eigenvalue weighted by molar-refractivity contribution is 5.92. The number of amides is 1. The van der Waals surface area contributed by atoms with E-state index in [9.17, 15) is 14.9 Å². The number of methoxy groups -OCH3 is 1. The number of non-ortho nitro benzene ring substituents is 1. The van der Waals surface area contributed by atoms with Crippen LogP contribution in [0.25, 0.3) is 0 Å². The molecule has 0 aliphatic heterocycles. The van der Waals surface area contributed by atoms with Crippen LogP contribution in [-0.4, -0.2) is 30.8 Å². The summed E-state index contributed by atoms with van der Waals surface area (Å²) in [5.41, 5.74) is 7.00. The quantitative estimate of drug-likeness (QED) is 0.279. The van der Waals surface area contributed by atoms with E-state index in [1.165, 1.54) is 19.2 Å². The molecule has 0 aliphatic rings. The zero-order valence-corrected chi connectivity index (χ0v) is 18.5. The van der Waals surface area contributed by atoms with Crippen molar-refractivity contribution in [1.82, 2.24) is 0 Å². The second-order valence-electron chi connectivity index (χ2n) is 7.24. The lowest BCUT2D eigenvalue weighted by Crippen LogP contribution is -2.20. The molecule has 170 valence electrons. The first-order valence-electron chi connectivity index (χ1n) is 10.1. The third kappa shape index (κ3) is 6.54. The van der Waals surface area contributed by atoms with E-state index in [4.69, 9.17) is 9.47 Å². The number of nitro groups is 1. The zero-order valence-electron chi connectivity index (χ0n) is 18.5. The number of aryl methyl sites for hydroxylation is 2. The van der Waals surface area contributed by atoms with Crippen LogP contribution in [0.2, 0.25) is 0 Å². The summed E-state index contributed by atoms with van der Waals surface area (Å²) in [6.07, 6.45) is 1.57. The largest absolute Gasteiger partial charge is 0.493 e. The molecule has 2 N–H and O–H groups in total. The normalized spacial score (nSPS) is 10.6. The fourth-order valence-electron chi connectivity index (χ4n) is 3.01. The number of benzene rings is 3.